The highest BCUT2D eigenvalue weighted by atomic mass is 79.9. The van der Waals surface area contributed by atoms with Crippen molar-refractivity contribution in [3.8, 4) is 0 Å². The molecule has 0 radical (unpaired) electrons. The summed E-state index contributed by atoms with van der Waals surface area (Å²) in [6.45, 7) is 0. The Bertz CT molecular complexity index is 683. The average molecular weight is 720 g/mol. The first-order valence-corrected chi connectivity index (χ1v) is 11.7. The summed E-state index contributed by atoms with van der Waals surface area (Å²) in [6, 6.07) is 7.23. The molecule has 0 aliphatic rings. The minimum atomic E-state index is -3.04. The molecule has 124 valence electrons. The predicted molar refractivity (Wildman–Crippen MR) is 109 cm³/mol. The fraction of sp³-hybridized carbons (Fsp3) is 0.0769. The normalized spacial score (nSPS) is 11.6. The highest BCUT2D eigenvalue weighted by molar-refractivity contribution is 9.15. The molecule has 0 saturated heterocycles. The zero-order valence-corrected chi connectivity index (χ0v) is 21.2. The molecule has 0 unspecified atom stereocenters. The first-order valence-electron chi connectivity index (χ1n) is 5.82. The van der Waals surface area contributed by atoms with Gasteiger partial charge in [-0.25, -0.2) is 0 Å². The number of hydrogen-bond donors (Lipinski definition) is 0. The maximum absolute atomic E-state index is 11.2. The van der Waals surface area contributed by atoms with Crippen molar-refractivity contribution in [2.75, 3.05) is 0 Å². The second-order valence-corrected chi connectivity index (χ2v) is 9.78. The van der Waals surface area contributed by atoms with Gasteiger partial charge in [0.05, 0.1) is 0 Å². The van der Waals surface area contributed by atoms with E-state index in [1.54, 1.807) is 12.1 Å². The van der Waals surface area contributed by atoms with E-state index in [2.05, 4.69) is 95.6 Å². The molecule has 0 bridgehead atoms. The third-order valence-corrected chi connectivity index (χ3v) is 10.1. The van der Waals surface area contributed by atoms with E-state index in [0.717, 1.165) is 17.9 Å². The van der Waals surface area contributed by atoms with Crippen LogP contribution >= 0.6 is 104 Å². The topological polar surface area (TPSA) is 55.3 Å². The van der Waals surface area contributed by atoms with Crippen LogP contribution in [-0.4, -0.2) is 0 Å². The Morgan fingerprint density at radius 2 is 1.09 bits per heavy atom. The van der Waals surface area contributed by atoms with Gasteiger partial charge < -0.3 is 14.3 Å². The van der Waals surface area contributed by atoms with Gasteiger partial charge in [0.25, 0.3) is 0 Å². The molecule has 0 saturated carbocycles. The molecule has 10 heteroatoms. The molecule has 0 heterocycles. The molecule has 2 rings (SSSR count). The highest BCUT2D eigenvalue weighted by Gasteiger charge is 2.23. The standard InChI is InChI=1S/C13H5Br6O3P/c14-7-3-1-5(9(16)11(7)18)13(22-23(20)21)6-2-4-8(15)12(19)10(6)17/h1-4,13H/q-2. The summed E-state index contributed by atoms with van der Waals surface area (Å²) in [6.07, 6.45) is -0.798. The zero-order valence-electron chi connectivity index (χ0n) is 10.8. The summed E-state index contributed by atoms with van der Waals surface area (Å²) in [5, 5.41) is 0. The quantitative estimate of drug-likeness (QED) is 0.275. The van der Waals surface area contributed by atoms with E-state index in [0.29, 0.717) is 20.1 Å². The predicted octanol–water partition coefficient (Wildman–Crippen LogP) is 6.32. The summed E-state index contributed by atoms with van der Waals surface area (Å²) in [4.78, 5) is 22.4. The van der Waals surface area contributed by atoms with Crippen LogP contribution in [0.4, 0.5) is 0 Å². The lowest BCUT2D eigenvalue weighted by Gasteiger charge is -2.35. The molecule has 0 aromatic heterocycles. The van der Waals surface area contributed by atoms with Gasteiger partial charge >= 0.3 is 0 Å². The SMILES string of the molecule is [O-]P([O-])OC(c1ccc(Br)c(Br)c1Br)c1ccc(Br)c(Br)c1Br. The maximum Gasteiger partial charge on any atom is 0.111 e. The summed E-state index contributed by atoms with van der Waals surface area (Å²) >= 11 is 20.7. The van der Waals surface area contributed by atoms with E-state index >= 15 is 0 Å². The van der Waals surface area contributed by atoms with Crippen molar-refractivity contribution < 1.29 is 14.3 Å². The van der Waals surface area contributed by atoms with Crippen molar-refractivity contribution in [1.82, 2.24) is 0 Å². The second-order valence-electron chi connectivity index (χ2n) is 4.24. The number of halogens is 6. The molecule has 2 aromatic rings. The monoisotopic (exact) mass is 714 g/mol. The van der Waals surface area contributed by atoms with E-state index in [-0.39, 0.29) is 0 Å². The molecular weight excluding hydrogens is 715 g/mol. The molecule has 0 aliphatic heterocycles. The summed E-state index contributed by atoms with van der Waals surface area (Å²) in [7, 11) is -3.04. The Morgan fingerprint density at radius 3 is 1.43 bits per heavy atom. The number of hydrogen-bond acceptors (Lipinski definition) is 3. The summed E-state index contributed by atoms with van der Waals surface area (Å²) in [5.74, 6) is 0. The zero-order chi connectivity index (χ0) is 17.3. The van der Waals surface area contributed by atoms with Crippen LogP contribution in [0.1, 0.15) is 17.2 Å². The second kappa shape index (κ2) is 9.02. The molecule has 0 aliphatic carbocycles. The van der Waals surface area contributed by atoms with E-state index < -0.39 is 14.7 Å². The minimum absolute atomic E-state index is 0.675. The molecule has 2 aromatic carbocycles. The fourth-order valence-electron chi connectivity index (χ4n) is 1.85. The fourth-order valence-corrected chi connectivity index (χ4v) is 5.28. The lowest BCUT2D eigenvalue weighted by molar-refractivity contribution is -0.320. The van der Waals surface area contributed by atoms with Crippen LogP contribution in [0.5, 0.6) is 0 Å². The first-order chi connectivity index (χ1) is 10.7. The largest absolute Gasteiger partial charge is 0.820 e. The van der Waals surface area contributed by atoms with Crippen molar-refractivity contribution in [2.45, 2.75) is 6.10 Å². The van der Waals surface area contributed by atoms with Crippen LogP contribution in [0.3, 0.4) is 0 Å². The van der Waals surface area contributed by atoms with Crippen molar-refractivity contribution in [1.29, 1.82) is 0 Å². The number of benzene rings is 2. The van der Waals surface area contributed by atoms with Crippen LogP contribution in [0, 0.1) is 0 Å². The van der Waals surface area contributed by atoms with Gasteiger partial charge in [-0.3, -0.25) is 0 Å². The molecule has 3 nitrogen and oxygen atoms in total. The van der Waals surface area contributed by atoms with Gasteiger partial charge in [0.1, 0.15) is 6.10 Å². The van der Waals surface area contributed by atoms with Gasteiger partial charge in [0.15, 0.2) is 0 Å². The van der Waals surface area contributed by atoms with Gasteiger partial charge in [-0.15, -0.1) is 0 Å². The lowest BCUT2D eigenvalue weighted by Crippen LogP contribution is -2.16. The van der Waals surface area contributed by atoms with Gasteiger partial charge in [-0.1, -0.05) is 12.1 Å². The average Bonchev–Trinajstić information content (AvgIpc) is 2.49. The Hall–Kier alpha value is 1.63. The third kappa shape index (κ3) is 4.87. The van der Waals surface area contributed by atoms with Crippen molar-refractivity contribution in [3.63, 3.8) is 0 Å². The van der Waals surface area contributed by atoms with E-state index in [1.165, 1.54) is 0 Å². The molecule has 0 fully saturated rings. The van der Waals surface area contributed by atoms with Gasteiger partial charge in [0.2, 0.25) is 0 Å². The summed E-state index contributed by atoms with van der Waals surface area (Å²) < 4.78 is 9.85. The first kappa shape index (κ1) is 20.9. The Kier molecular flexibility index (Phi) is 8.21. The van der Waals surface area contributed by atoms with Gasteiger partial charge in [0, 0.05) is 38.0 Å². The van der Waals surface area contributed by atoms with Crippen LogP contribution in [0.25, 0.3) is 0 Å². The highest BCUT2D eigenvalue weighted by Crippen LogP contribution is 2.46. The molecule has 23 heavy (non-hydrogen) atoms. The van der Waals surface area contributed by atoms with Crippen LogP contribution in [-0.2, 0) is 4.52 Å². The van der Waals surface area contributed by atoms with Gasteiger partial charge in [-0.05, 0) is 108 Å². The molecule has 0 N–H and O–H groups in total. The van der Waals surface area contributed by atoms with Crippen molar-refractivity contribution >= 4 is 104 Å². The van der Waals surface area contributed by atoms with E-state index in [9.17, 15) is 9.79 Å². The minimum Gasteiger partial charge on any atom is -0.820 e. The van der Waals surface area contributed by atoms with E-state index in [1.807, 2.05) is 12.1 Å². The van der Waals surface area contributed by atoms with Gasteiger partial charge in [-0.2, -0.15) is 8.60 Å². The maximum atomic E-state index is 11.2. The van der Waals surface area contributed by atoms with Crippen molar-refractivity contribution in [2.24, 2.45) is 0 Å². The lowest BCUT2D eigenvalue weighted by atomic mass is 10.0. The third-order valence-electron chi connectivity index (χ3n) is 2.89. The smallest absolute Gasteiger partial charge is 0.111 e. The summed E-state index contributed by atoms with van der Waals surface area (Å²) in [5.41, 5.74) is 1.35. The molecular formula is C13H5Br6O3P-2. The molecule has 0 amide bonds. The van der Waals surface area contributed by atoms with Crippen molar-refractivity contribution in [3.05, 3.63) is 62.2 Å². The molecule has 0 spiro atoms. The van der Waals surface area contributed by atoms with Crippen LogP contribution in [0.15, 0.2) is 51.1 Å². The Balaban J connectivity index is 2.64. The molecule has 0 atom stereocenters. The van der Waals surface area contributed by atoms with E-state index in [4.69, 9.17) is 4.52 Å². The number of rotatable bonds is 4. The Morgan fingerprint density at radius 1 is 0.696 bits per heavy atom. The van der Waals surface area contributed by atoms with Crippen LogP contribution < -0.4 is 9.79 Å². The Labute approximate surface area is 185 Å². The van der Waals surface area contributed by atoms with Crippen LogP contribution in [0.2, 0.25) is 0 Å².